The lowest BCUT2D eigenvalue weighted by molar-refractivity contribution is -0.110. The highest BCUT2D eigenvalue weighted by Gasteiger charge is 2.24. The Morgan fingerprint density at radius 3 is 2.94 bits per heavy atom. The topological polar surface area (TPSA) is 114 Å². The molecule has 32 heavy (non-hydrogen) atoms. The summed E-state index contributed by atoms with van der Waals surface area (Å²) in [5.74, 6) is 1.66. The summed E-state index contributed by atoms with van der Waals surface area (Å²) in [7, 11) is 0. The number of nitrogens with one attached hydrogen (secondary N) is 2. The van der Waals surface area contributed by atoms with E-state index in [1.54, 1.807) is 10.8 Å². The molecule has 1 fully saturated rings. The molecular formula is C22H27N7O3. The molecule has 168 valence electrons. The van der Waals surface area contributed by atoms with Crippen molar-refractivity contribution >= 4 is 29.4 Å². The standard InChI is InChI=1S/C22H27N7O3/c1-3-29-20-19(26-21(29)22(31)27-24-14-30)25-18(11-23-20)28-10-6-8-16(12-28)13-32-17-9-5-4-7-15(17)2/h4-5,7,9,11,14,16H,3,6,8,10,12-13H2,1-2H3,(H,24,30)(H,27,31). The predicted molar refractivity (Wildman–Crippen MR) is 119 cm³/mol. The van der Waals surface area contributed by atoms with Crippen LogP contribution < -0.4 is 20.5 Å². The highest BCUT2D eigenvalue weighted by molar-refractivity contribution is 5.94. The Bertz CT molecular complexity index is 1110. The number of para-hydroxylation sites is 1. The average molecular weight is 438 g/mol. The predicted octanol–water partition coefficient (Wildman–Crippen LogP) is 1.84. The van der Waals surface area contributed by atoms with Crippen molar-refractivity contribution in [1.29, 1.82) is 0 Å². The number of anilines is 1. The lowest BCUT2D eigenvalue weighted by Crippen LogP contribution is -2.38. The van der Waals surface area contributed by atoms with Crippen molar-refractivity contribution in [3.05, 3.63) is 41.9 Å². The van der Waals surface area contributed by atoms with Gasteiger partial charge in [0.05, 0.1) is 12.8 Å². The molecule has 10 heteroatoms. The molecule has 0 radical (unpaired) electrons. The van der Waals surface area contributed by atoms with Gasteiger partial charge >= 0.3 is 5.91 Å². The number of hydrogen-bond acceptors (Lipinski definition) is 7. The number of fused-ring (bicyclic) bond motifs is 1. The second-order valence-electron chi connectivity index (χ2n) is 7.80. The van der Waals surface area contributed by atoms with Crippen LogP contribution in [0.3, 0.4) is 0 Å². The maximum Gasteiger partial charge on any atom is 0.305 e. The molecule has 0 bridgehead atoms. The number of amides is 2. The number of benzene rings is 1. The first kappa shape index (κ1) is 21.5. The molecule has 3 heterocycles. The fourth-order valence-corrected chi connectivity index (χ4v) is 4.00. The van der Waals surface area contributed by atoms with Crippen LogP contribution in [-0.4, -0.2) is 51.5 Å². The second kappa shape index (κ2) is 9.63. The summed E-state index contributed by atoms with van der Waals surface area (Å²) >= 11 is 0. The fourth-order valence-electron chi connectivity index (χ4n) is 4.00. The maximum absolute atomic E-state index is 12.3. The van der Waals surface area contributed by atoms with Crippen LogP contribution >= 0.6 is 0 Å². The molecule has 0 spiro atoms. The number of carbonyl (C=O) groups excluding carboxylic acids is 2. The van der Waals surface area contributed by atoms with Gasteiger partial charge in [0.1, 0.15) is 11.6 Å². The molecule has 10 nitrogen and oxygen atoms in total. The number of rotatable bonds is 8. The minimum Gasteiger partial charge on any atom is -0.493 e. The molecule has 1 aliphatic heterocycles. The van der Waals surface area contributed by atoms with Gasteiger partial charge in [0.25, 0.3) is 0 Å². The SMILES string of the molecule is CCn1c(C(=O)NNC=O)nc2nc(N3CCCC(COc4ccccc4C)C3)cnc21. The van der Waals surface area contributed by atoms with Gasteiger partial charge in [-0.15, -0.1) is 0 Å². The van der Waals surface area contributed by atoms with E-state index < -0.39 is 5.91 Å². The number of hydrazine groups is 1. The smallest absolute Gasteiger partial charge is 0.305 e. The Labute approximate surface area is 186 Å². The van der Waals surface area contributed by atoms with E-state index in [4.69, 9.17) is 4.74 Å². The molecule has 2 aromatic heterocycles. The fraction of sp³-hybridized carbons (Fsp3) is 0.409. The highest BCUT2D eigenvalue weighted by Crippen LogP contribution is 2.25. The molecular weight excluding hydrogens is 410 g/mol. The van der Waals surface area contributed by atoms with Crippen molar-refractivity contribution in [1.82, 2.24) is 30.4 Å². The average Bonchev–Trinajstić information content (AvgIpc) is 3.20. The summed E-state index contributed by atoms with van der Waals surface area (Å²) in [5, 5.41) is 0. The summed E-state index contributed by atoms with van der Waals surface area (Å²) < 4.78 is 7.74. The maximum atomic E-state index is 12.3. The molecule has 4 rings (SSSR count). The zero-order chi connectivity index (χ0) is 22.5. The van der Waals surface area contributed by atoms with E-state index in [1.165, 1.54) is 0 Å². The Balaban J connectivity index is 1.49. The number of imidazole rings is 1. The van der Waals surface area contributed by atoms with Gasteiger partial charge in [-0.25, -0.2) is 15.0 Å². The minimum absolute atomic E-state index is 0.150. The summed E-state index contributed by atoms with van der Waals surface area (Å²) in [4.78, 5) is 38.5. The van der Waals surface area contributed by atoms with Crippen LogP contribution in [0.1, 0.15) is 35.9 Å². The minimum atomic E-state index is -0.522. The van der Waals surface area contributed by atoms with E-state index in [0.717, 1.165) is 43.1 Å². The molecule has 1 saturated heterocycles. The van der Waals surface area contributed by atoms with Gasteiger partial charge in [-0.2, -0.15) is 0 Å². The molecule has 1 aliphatic rings. The lowest BCUT2D eigenvalue weighted by Gasteiger charge is -2.33. The largest absolute Gasteiger partial charge is 0.493 e. The summed E-state index contributed by atoms with van der Waals surface area (Å²) in [6.07, 6.45) is 4.25. The van der Waals surface area contributed by atoms with Crippen LogP contribution in [-0.2, 0) is 11.3 Å². The van der Waals surface area contributed by atoms with Crippen molar-refractivity contribution in [2.75, 3.05) is 24.6 Å². The van der Waals surface area contributed by atoms with Gasteiger partial charge in [-0.1, -0.05) is 18.2 Å². The third-order valence-corrected chi connectivity index (χ3v) is 5.62. The molecule has 3 aromatic rings. The monoisotopic (exact) mass is 437 g/mol. The zero-order valence-electron chi connectivity index (χ0n) is 18.2. The number of carbonyl (C=O) groups is 2. The number of nitrogens with zero attached hydrogens (tertiary/aromatic N) is 5. The summed E-state index contributed by atoms with van der Waals surface area (Å²) in [6.45, 7) is 6.78. The van der Waals surface area contributed by atoms with Crippen molar-refractivity contribution in [2.24, 2.45) is 5.92 Å². The first-order chi connectivity index (χ1) is 15.6. The number of aryl methyl sites for hydroxylation is 2. The summed E-state index contributed by atoms with van der Waals surface area (Å²) in [5.41, 5.74) is 6.49. The molecule has 1 unspecified atom stereocenters. The van der Waals surface area contributed by atoms with Crippen molar-refractivity contribution in [2.45, 2.75) is 33.2 Å². The Hall–Kier alpha value is -3.69. The second-order valence-corrected chi connectivity index (χ2v) is 7.80. The van der Waals surface area contributed by atoms with E-state index in [-0.39, 0.29) is 5.82 Å². The third kappa shape index (κ3) is 4.48. The van der Waals surface area contributed by atoms with Crippen LogP contribution in [0.4, 0.5) is 5.82 Å². The number of piperidine rings is 1. The van der Waals surface area contributed by atoms with Gasteiger partial charge in [-0.3, -0.25) is 20.4 Å². The van der Waals surface area contributed by atoms with E-state index >= 15 is 0 Å². The van der Waals surface area contributed by atoms with E-state index in [2.05, 4.69) is 30.7 Å². The van der Waals surface area contributed by atoms with E-state index in [9.17, 15) is 9.59 Å². The van der Waals surface area contributed by atoms with Crippen LogP contribution in [0.2, 0.25) is 0 Å². The van der Waals surface area contributed by atoms with Gasteiger partial charge in [0, 0.05) is 25.6 Å². The highest BCUT2D eigenvalue weighted by atomic mass is 16.5. The first-order valence-electron chi connectivity index (χ1n) is 10.8. The van der Waals surface area contributed by atoms with E-state index in [0.29, 0.717) is 36.8 Å². The van der Waals surface area contributed by atoms with Gasteiger partial charge in [0.2, 0.25) is 12.2 Å². The lowest BCUT2D eigenvalue weighted by atomic mass is 9.99. The van der Waals surface area contributed by atoms with Crippen LogP contribution in [0.15, 0.2) is 30.5 Å². The number of ether oxygens (including phenoxy) is 1. The van der Waals surface area contributed by atoms with Gasteiger partial charge in [-0.05, 0) is 38.3 Å². The molecule has 1 aromatic carbocycles. The van der Waals surface area contributed by atoms with Crippen molar-refractivity contribution in [3.8, 4) is 5.75 Å². The van der Waals surface area contributed by atoms with Crippen molar-refractivity contribution < 1.29 is 14.3 Å². The molecule has 1 atom stereocenters. The summed E-state index contributed by atoms with van der Waals surface area (Å²) in [6, 6.07) is 8.04. The van der Waals surface area contributed by atoms with Gasteiger partial charge < -0.3 is 14.2 Å². The molecule has 0 saturated carbocycles. The Morgan fingerprint density at radius 1 is 1.31 bits per heavy atom. The Morgan fingerprint density at radius 2 is 2.16 bits per heavy atom. The molecule has 0 aliphatic carbocycles. The normalized spacial score (nSPS) is 16.1. The quantitative estimate of drug-likeness (QED) is 0.408. The molecule has 2 N–H and O–H groups in total. The van der Waals surface area contributed by atoms with Crippen LogP contribution in [0, 0.1) is 12.8 Å². The molecule has 2 amide bonds. The zero-order valence-corrected chi connectivity index (χ0v) is 18.2. The number of hydrogen-bond donors (Lipinski definition) is 2. The number of aromatic nitrogens is 4. The first-order valence-corrected chi connectivity index (χ1v) is 10.8. The Kier molecular flexibility index (Phi) is 6.48. The van der Waals surface area contributed by atoms with Crippen LogP contribution in [0.25, 0.3) is 11.3 Å². The van der Waals surface area contributed by atoms with Gasteiger partial charge in [0.15, 0.2) is 11.3 Å². The van der Waals surface area contributed by atoms with Crippen molar-refractivity contribution in [3.63, 3.8) is 0 Å². The third-order valence-electron chi connectivity index (χ3n) is 5.62. The van der Waals surface area contributed by atoms with E-state index in [1.807, 2.05) is 38.1 Å². The van der Waals surface area contributed by atoms with Crippen LogP contribution in [0.5, 0.6) is 5.75 Å².